The first-order valence-corrected chi connectivity index (χ1v) is 7.01. The van der Waals surface area contributed by atoms with Gasteiger partial charge in [-0.3, -0.25) is 0 Å². The molecule has 0 radical (unpaired) electrons. The summed E-state index contributed by atoms with van der Waals surface area (Å²) in [6, 6.07) is 1.31. The predicted molar refractivity (Wildman–Crippen MR) is 73.6 cm³/mol. The van der Waals surface area contributed by atoms with Gasteiger partial charge in [0.15, 0.2) is 0 Å². The third-order valence-electron chi connectivity index (χ3n) is 3.50. The Hall–Kier alpha value is -1.48. The van der Waals surface area contributed by atoms with E-state index < -0.39 is 30.3 Å². The minimum absolute atomic E-state index is 0.00797. The molecular weight excluding hydrogens is 342 g/mol. The summed E-state index contributed by atoms with van der Waals surface area (Å²) in [7, 11) is 0.919. The van der Waals surface area contributed by atoms with Crippen molar-refractivity contribution >= 4 is 0 Å². The van der Waals surface area contributed by atoms with Gasteiger partial charge >= 0.3 is 12.4 Å². The topological polar surface area (TPSA) is 38.7 Å². The van der Waals surface area contributed by atoms with Crippen LogP contribution in [0.2, 0.25) is 0 Å². The highest BCUT2D eigenvalue weighted by atomic mass is 19.4. The summed E-state index contributed by atoms with van der Waals surface area (Å²) in [5.74, 6) is -0.328. The van der Waals surface area contributed by atoms with E-state index in [1.807, 2.05) is 0 Å². The summed E-state index contributed by atoms with van der Waals surface area (Å²) in [4.78, 5) is 0. The van der Waals surface area contributed by atoms with Crippen LogP contribution >= 0.6 is 0 Å². The molecule has 0 heterocycles. The number of alkyl halides is 6. The standard InChI is InChI=1S/C15H18F6O3/c1-4-5-10-7-11(6-9(2)12(10)22)13(14(16,17)18,15(19,20)21)24-8-23-3/h6-7,22H,4-5,8H2,1-3H3. The minimum Gasteiger partial charge on any atom is -0.507 e. The second-order valence-corrected chi connectivity index (χ2v) is 5.28. The van der Waals surface area contributed by atoms with Crippen LogP contribution in [-0.2, 0) is 21.5 Å². The molecule has 0 saturated carbocycles. The van der Waals surface area contributed by atoms with Crippen LogP contribution in [0.3, 0.4) is 0 Å². The predicted octanol–water partition coefficient (Wildman–Crippen LogP) is 4.59. The quantitative estimate of drug-likeness (QED) is 0.596. The fourth-order valence-electron chi connectivity index (χ4n) is 2.40. The highest BCUT2D eigenvalue weighted by Crippen LogP contribution is 2.53. The molecule has 1 aromatic carbocycles. The van der Waals surface area contributed by atoms with Crippen molar-refractivity contribution in [2.45, 2.75) is 44.6 Å². The van der Waals surface area contributed by atoms with Gasteiger partial charge in [-0.05, 0) is 36.6 Å². The maximum absolute atomic E-state index is 13.5. The van der Waals surface area contributed by atoms with Crippen molar-refractivity contribution in [3.05, 3.63) is 28.8 Å². The van der Waals surface area contributed by atoms with Crippen LogP contribution in [0.15, 0.2) is 12.1 Å². The summed E-state index contributed by atoms with van der Waals surface area (Å²) in [5, 5.41) is 9.87. The zero-order chi connectivity index (χ0) is 18.8. The van der Waals surface area contributed by atoms with Gasteiger partial charge in [0.1, 0.15) is 12.5 Å². The minimum atomic E-state index is -5.78. The number of rotatable bonds is 6. The lowest BCUT2D eigenvalue weighted by Gasteiger charge is -2.37. The molecule has 0 unspecified atom stereocenters. The van der Waals surface area contributed by atoms with E-state index in [1.54, 1.807) is 6.92 Å². The van der Waals surface area contributed by atoms with Gasteiger partial charge < -0.3 is 14.6 Å². The molecule has 9 heteroatoms. The number of ether oxygens (including phenoxy) is 2. The van der Waals surface area contributed by atoms with Crippen LogP contribution in [-0.4, -0.2) is 31.4 Å². The molecule has 1 aromatic rings. The second-order valence-electron chi connectivity index (χ2n) is 5.28. The van der Waals surface area contributed by atoms with E-state index in [4.69, 9.17) is 0 Å². The number of aryl methyl sites for hydroxylation is 2. The Morgan fingerprint density at radius 2 is 1.58 bits per heavy atom. The fourth-order valence-corrected chi connectivity index (χ4v) is 2.40. The number of hydrogen-bond acceptors (Lipinski definition) is 3. The Labute approximate surface area is 135 Å². The molecule has 0 spiro atoms. The van der Waals surface area contributed by atoms with Crippen molar-refractivity contribution in [3.63, 3.8) is 0 Å². The Bertz CT molecular complexity index is 552. The van der Waals surface area contributed by atoms with E-state index in [2.05, 4.69) is 9.47 Å². The van der Waals surface area contributed by atoms with Crippen molar-refractivity contribution in [1.82, 2.24) is 0 Å². The lowest BCUT2D eigenvalue weighted by Crippen LogP contribution is -2.56. The maximum Gasteiger partial charge on any atom is 0.430 e. The third kappa shape index (κ3) is 3.61. The number of phenols is 1. The molecule has 138 valence electrons. The van der Waals surface area contributed by atoms with Crippen LogP contribution in [0.1, 0.15) is 30.0 Å². The van der Waals surface area contributed by atoms with Crippen LogP contribution in [0.4, 0.5) is 26.3 Å². The van der Waals surface area contributed by atoms with Gasteiger partial charge in [-0.25, -0.2) is 0 Å². The molecule has 0 fully saturated rings. The second kappa shape index (κ2) is 7.18. The molecule has 0 aliphatic heterocycles. The number of halogens is 6. The number of phenolic OH excluding ortho intramolecular Hbond substituents is 1. The van der Waals surface area contributed by atoms with Crippen LogP contribution in [0, 0.1) is 6.92 Å². The largest absolute Gasteiger partial charge is 0.507 e. The van der Waals surface area contributed by atoms with Gasteiger partial charge in [-0.15, -0.1) is 0 Å². The first-order chi connectivity index (χ1) is 10.9. The van der Waals surface area contributed by atoms with E-state index in [1.165, 1.54) is 6.92 Å². The lowest BCUT2D eigenvalue weighted by molar-refractivity contribution is -0.400. The summed E-state index contributed by atoms with van der Waals surface area (Å²) in [6.07, 6.45) is -11.0. The Kier molecular flexibility index (Phi) is 6.15. The molecule has 1 rings (SSSR count). The van der Waals surface area contributed by atoms with Gasteiger partial charge in [0.25, 0.3) is 5.60 Å². The normalized spacial score (nSPS) is 13.4. The van der Waals surface area contributed by atoms with E-state index >= 15 is 0 Å². The molecule has 24 heavy (non-hydrogen) atoms. The Balaban J connectivity index is 3.72. The van der Waals surface area contributed by atoms with Crippen molar-refractivity contribution in [2.75, 3.05) is 13.9 Å². The lowest BCUT2D eigenvalue weighted by atomic mass is 9.88. The fraction of sp³-hybridized carbons (Fsp3) is 0.600. The zero-order valence-corrected chi connectivity index (χ0v) is 13.3. The molecule has 1 N–H and O–H groups in total. The van der Waals surface area contributed by atoms with Crippen molar-refractivity contribution in [1.29, 1.82) is 0 Å². The molecular formula is C15H18F6O3. The Morgan fingerprint density at radius 3 is 2.00 bits per heavy atom. The van der Waals surface area contributed by atoms with E-state index in [0.29, 0.717) is 18.6 Å². The molecule has 0 aromatic heterocycles. The first-order valence-electron chi connectivity index (χ1n) is 7.01. The molecule has 0 atom stereocenters. The van der Waals surface area contributed by atoms with E-state index in [-0.39, 0.29) is 23.3 Å². The smallest absolute Gasteiger partial charge is 0.430 e. The number of benzene rings is 1. The average Bonchev–Trinajstić information content (AvgIpc) is 2.42. The van der Waals surface area contributed by atoms with Crippen molar-refractivity contribution < 1.29 is 40.9 Å². The number of methoxy groups -OCH3 is 1. The summed E-state index contributed by atoms with van der Waals surface area (Å²) < 4.78 is 89.2. The molecule has 0 saturated heterocycles. The molecule has 3 nitrogen and oxygen atoms in total. The van der Waals surface area contributed by atoms with Gasteiger partial charge in [0.2, 0.25) is 0 Å². The van der Waals surface area contributed by atoms with Crippen LogP contribution < -0.4 is 0 Å². The molecule has 0 bridgehead atoms. The van der Waals surface area contributed by atoms with E-state index in [0.717, 1.165) is 7.11 Å². The summed E-state index contributed by atoms with van der Waals surface area (Å²) in [6.45, 7) is 1.71. The van der Waals surface area contributed by atoms with Crippen LogP contribution in [0.25, 0.3) is 0 Å². The summed E-state index contributed by atoms with van der Waals surface area (Å²) in [5.41, 5.74) is -5.80. The van der Waals surface area contributed by atoms with Gasteiger partial charge in [-0.1, -0.05) is 13.3 Å². The van der Waals surface area contributed by atoms with Gasteiger partial charge in [0.05, 0.1) is 0 Å². The Morgan fingerprint density at radius 1 is 1.04 bits per heavy atom. The third-order valence-corrected chi connectivity index (χ3v) is 3.50. The molecule has 0 aliphatic rings. The highest BCUT2D eigenvalue weighted by Gasteiger charge is 2.73. The molecule has 0 amide bonds. The number of aromatic hydroxyl groups is 1. The number of hydrogen-bond donors (Lipinski definition) is 1. The SMILES string of the molecule is CCCc1cc(C(OCOC)(C(F)(F)F)C(F)(F)F)cc(C)c1O. The maximum atomic E-state index is 13.5. The monoisotopic (exact) mass is 360 g/mol. The van der Waals surface area contributed by atoms with Crippen molar-refractivity contribution in [3.8, 4) is 5.75 Å². The average molecular weight is 360 g/mol. The highest BCUT2D eigenvalue weighted by molar-refractivity contribution is 5.46. The van der Waals surface area contributed by atoms with Crippen molar-refractivity contribution in [2.24, 2.45) is 0 Å². The van der Waals surface area contributed by atoms with E-state index in [9.17, 15) is 31.4 Å². The first kappa shape index (κ1) is 20.6. The van der Waals surface area contributed by atoms with Gasteiger partial charge in [0, 0.05) is 12.7 Å². The van der Waals surface area contributed by atoms with Gasteiger partial charge in [-0.2, -0.15) is 26.3 Å². The zero-order valence-electron chi connectivity index (χ0n) is 13.3. The summed E-state index contributed by atoms with van der Waals surface area (Å²) >= 11 is 0. The molecule has 0 aliphatic carbocycles. The van der Waals surface area contributed by atoms with Crippen LogP contribution in [0.5, 0.6) is 5.75 Å².